The predicted molar refractivity (Wildman–Crippen MR) is 63.0 cm³/mol. The molecule has 1 rings (SSSR count). The van der Waals surface area contributed by atoms with E-state index in [2.05, 4.69) is 6.58 Å². The third-order valence-electron chi connectivity index (χ3n) is 2.76. The van der Waals surface area contributed by atoms with Gasteiger partial charge in [0.05, 0.1) is 12.9 Å². The Morgan fingerprint density at radius 3 is 2.88 bits per heavy atom. The molecule has 94 valence electrons. The average Bonchev–Trinajstić information content (AvgIpc) is 2.34. The molecular formula is C13H18O4. The van der Waals surface area contributed by atoms with Crippen molar-refractivity contribution in [3.63, 3.8) is 0 Å². The Balaban J connectivity index is 2.53. The first-order valence-corrected chi connectivity index (χ1v) is 5.79. The number of ether oxygens (including phenoxy) is 2. The van der Waals surface area contributed by atoms with E-state index >= 15 is 0 Å². The minimum absolute atomic E-state index is 0.159. The van der Waals surface area contributed by atoms with E-state index in [4.69, 9.17) is 9.47 Å². The second kappa shape index (κ2) is 6.89. The standard InChI is InChI=1S/C13H18O4/c1-3-13(15)17-9-12-7-5-4-6-11(12)8-16-10(2)14/h3,8,12H,1,4-7,9H2,2H3. The lowest BCUT2D eigenvalue weighted by atomic mass is 9.85. The van der Waals surface area contributed by atoms with Gasteiger partial charge in [-0.3, -0.25) is 4.79 Å². The summed E-state index contributed by atoms with van der Waals surface area (Å²) in [6, 6.07) is 0. The van der Waals surface area contributed by atoms with Crippen LogP contribution in [0.15, 0.2) is 24.5 Å². The fourth-order valence-corrected chi connectivity index (χ4v) is 1.86. The zero-order chi connectivity index (χ0) is 12.7. The van der Waals surface area contributed by atoms with Crippen LogP contribution in [0, 0.1) is 5.92 Å². The van der Waals surface area contributed by atoms with Crippen molar-refractivity contribution < 1.29 is 19.1 Å². The SMILES string of the molecule is C=CC(=O)OCC1CCCCC1=COC(C)=O. The molecule has 0 N–H and O–H groups in total. The van der Waals surface area contributed by atoms with Crippen LogP contribution in [0.2, 0.25) is 0 Å². The van der Waals surface area contributed by atoms with Crippen molar-refractivity contribution in [3.05, 3.63) is 24.5 Å². The second-order valence-electron chi connectivity index (χ2n) is 4.08. The van der Waals surface area contributed by atoms with Gasteiger partial charge in [0.1, 0.15) is 0 Å². The highest BCUT2D eigenvalue weighted by atomic mass is 16.5. The van der Waals surface area contributed by atoms with Gasteiger partial charge < -0.3 is 9.47 Å². The third-order valence-corrected chi connectivity index (χ3v) is 2.76. The van der Waals surface area contributed by atoms with Gasteiger partial charge in [-0.2, -0.15) is 0 Å². The molecule has 0 aliphatic heterocycles. The van der Waals surface area contributed by atoms with E-state index in [9.17, 15) is 9.59 Å². The molecule has 0 spiro atoms. The summed E-state index contributed by atoms with van der Waals surface area (Å²) in [5.41, 5.74) is 1.04. The van der Waals surface area contributed by atoms with Gasteiger partial charge in [0.15, 0.2) is 0 Å². The Labute approximate surface area is 101 Å². The Morgan fingerprint density at radius 2 is 2.24 bits per heavy atom. The highest BCUT2D eigenvalue weighted by Crippen LogP contribution is 2.29. The van der Waals surface area contributed by atoms with Gasteiger partial charge >= 0.3 is 11.9 Å². The first-order chi connectivity index (χ1) is 8.13. The Bertz CT molecular complexity index is 330. The number of carbonyl (C=O) groups excluding carboxylic acids is 2. The Hall–Kier alpha value is -1.58. The minimum atomic E-state index is -0.414. The predicted octanol–water partition coefficient (Wildman–Crippen LogP) is 2.35. The van der Waals surface area contributed by atoms with Gasteiger partial charge in [-0.15, -0.1) is 0 Å². The van der Waals surface area contributed by atoms with Gasteiger partial charge in [-0.05, 0) is 24.8 Å². The quantitative estimate of drug-likeness (QED) is 0.428. The second-order valence-corrected chi connectivity index (χ2v) is 4.08. The van der Waals surface area contributed by atoms with Crippen molar-refractivity contribution in [2.45, 2.75) is 32.6 Å². The van der Waals surface area contributed by atoms with Crippen molar-refractivity contribution >= 4 is 11.9 Å². The summed E-state index contributed by atoms with van der Waals surface area (Å²) in [6.07, 6.45) is 6.69. The van der Waals surface area contributed by atoms with Gasteiger partial charge in [-0.25, -0.2) is 4.79 Å². The van der Waals surface area contributed by atoms with Crippen LogP contribution in [0.25, 0.3) is 0 Å². The van der Waals surface area contributed by atoms with Crippen molar-refractivity contribution in [1.29, 1.82) is 0 Å². The first kappa shape index (κ1) is 13.5. The van der Waals surface area contributed by atoms with Crippen LogP contribution < -0.4 is 0 Å². The molecule has 0 radical (unpaired) electrons. The van der Waals surface area contributed by atoms with Crippen molar-refractivity contribution in [2.24, 2.45) is 5.92 Å². The summed E-state index contributed by atoms with van der Waals surface area (Å²) < 4.78 is 9.91. The summed E-state index contributed by atoms with van der Waals surface area (Å²) in [5.74, 6) is -0.584. The molecule has 0 saturated heterocycles. The molecule has 1 atom stereocenters. The van der Waals surface area contributed by atoms with Gasteiger partial charge in [0.2, 0.25) is 0 Å². The maximum atomic E-state index is 11.0. The normalized spacial score (nSPS) is 21.9. The van der Waals surface area contributed by atoms with Crippen molar-refractivity contribution in [3.8, 4) is 0 Å². The monoisotopic (exact) mass is 238 g/mol. The zero-order valence-electron chi connectivity index (χ0n) is 10.1. The molecule has 0 bridgehead atoms. The molecule has 1 fully saturated rings. The van der Waals surface area contributed by atoms with E-state index in [1.165, 1.54) is 13.2 Å². The van der Waals surface area contributed by atoms with Crippen LogP contribution in [-0.2, 0) is 19.1 Å². The highest BCUT2D eigenvalue weighted by molar-refractivity contribution is 5.81. The lowest BCUT2D eigenvalue weighted by Gasteiger charge is -2.24. The van der Waals surface area contributed by atoms with Gasteiger partial charge in [0.25, 0.3) is 0 Å². The summed E-state index contributed by atoms with van der Waals surface area (Å²) in [4.78, 5) is 21.7. The maximum absolute atomic E-state index is 11.0. The highest BCUT2D eigenvalue weighted by Gasteiger charge is 2.20. The number of hydrogen-bond donors (Lipinski definition) is 0. The molecule has 1 unspecified atom stereocenters. The molecule has 4 heteroatoms. The maximum Gasteiger partial charge on any atom is 0.330 e. The molecule has 1 aliphatic carbocycles. The van der Waals surface area contributed by atoms with Crippen LogP contribution in [-0.4, -0.2) is 18.5 Å². The molecule has 0 aromatic rings. The molecular weight excluding hydrogens is 220 g/mol. The van der Waals surface area contributed by atoms with Gasteiger partial charge in [-0.1, -0.05) is 13.0 Å². The van der Waals surface area contributed by atoms with Crippen LogP contribution in [0.5, 0.6) is 0 Å². The molecule has 0 aromatic carbocycles. The van der Waals surface area contributed by atoms with Crippen LogP contribution >= 0.6 is 0 Å². The molecule has 4 nitrogen and oxygen atoms in total. The van der Waals surface area contributed by atoms with E-state index in [-0.39, 0.29) is 11.9 Å². The fraction of sp³-hybridized carbons (Fsp3) is 0.538. The fourth-order valence-electron chi connectivity index (χ4n) is 1.86. The van der Waals surface area contributed by atoms with Crippen LogP contribution in [0.3, 0.4) is 0 Å². The molecule has 17 heavy (non-hydrogen) atoms. The Morgan fingerprint density at radius 1 is 1.47 bits per heavy atom. The smallest absolute Gasteiger partial charge is 0.330 e. The van der Waals surface area contributed by atoms with Crippen LogP contribution in [0.1, 0.15) is 32.6 Å². The molecule has 0 amide bonds. The molecule has 1 aliphatic rings. The zero-order valence-corrected chi connectivity index (χ0v) is 10.1. The topological polar surface area (TPSA) is 52.6 Å². The van der Waals surface area contributed by atoms with E-state index in [1.54, 1.807) is 0 Å². The number of carbonyl (C=O) groups is 2. The molecule has 1 saturated carbocycles. The summed E-state index contributed by atoms with van der Waals surface area (Å²) in [7, 11) is 0. The molecule has 0 heterocycles. The minimum Gasteiger partial charge on any atom is -0.462 e. The third kappa shape index (κ3) is 4.85. The largest absolute Gasteiger partial charge is 0.462 e. The summed E-state index contributed by atoms with van der Waals surface area (Å²) in [5, 5.41) is 0. The van der Waals surface area contributed by atoms with Crippen molar-refractivity contribution in [1.82, 2.24) is 0 Å². The summed E-state index contributed by atoms with van der Waals surface area (Å²) >= 11 is 0. The lowest BCUT2D eigenvalue weighted by Crippen LogP contribution is -2.18. The number of rotatable bonds is 4. The number of esters is 2. The van der Waals surface area contributed by atoms with Gasteiger partial charge in [0, 0.05) is 18.9 Å². The lowest BCUT2D eigenvalue weighted by molar-refractivity contribution is -0.139. The Kier molecular flexibility index (Phi) is 5.46. The van der Waals surface area contributed by atoms with E-state index in [1.807, 2.05) is 0 Å². The van der Waals surface area contributed by atoms with Crippen molar-refractivity contribution in [2.75, 3.05) is 6.61 Å². The van der Waals surface area contributed by atoms with E-state index in [0.717, 1.165) is 37.3 Å². The average molecular weight is 238 g/mol. The number of hydrogen-bond acceptors (Lipinski definition) is 4. The van der Waals surface area contributed by atoms with Crippen LogP contribution in [0.4, 0.5) is 0 Å². The summed E-state index contributed by atoms with van der Waals surface area (Å²) in [6.45, 7) is 5.04. The molecule has 0 aromatic heterocycles. The van der Waals surface area contributed by atoms with E-state index < -0.39 is 5.97 Å². The van der Waals surface area contributed by atoms with E-state index in [0.29, 0.717) is 6.61 Å². The first-order valence-electron chi connectivity index (χ1n) is 5.79.